The van der Waals surface area contributed by atoms with Crippen molar-refractivity contribution in [2.75, 3.05) is 37.0 Å². The summed E-state index contributed by atoms with van der Waals surface area (Å²) in [5.74, 6) is 0.943. The van der Waals surface area contributed by atoms with Gasteiger partial charge in [0.25, 0.3) is 0 Å². The largest absolute Gasteiger partial charge is 0.457 e. The monoisotopic (exact) mass is 493 g/mol. The summed E-state index contributed by atoms with van der Waals surface area (Å²) in [5, 5.41) is 0. The molecule has 1 atom stereocenters. The molecule has 0 aliphatic carbocycles. The lowest BCUT2D eigenvalue weighted by molar-refractivity contribution is 0.0246. The molecule has 5 rings (SSSR count). The van der Waals surface area contributed by atoms with Crippen molar-refractivity contribution < 1.29 is 14.3 Å². The van der Waals surface area contributed by atoms with E-state index in [-0.39, 0.29) is 5.97 Å². The van der Waals surface area contributed by atoms with Crippen LogP contribution in [0.1, 0.15) is 40.9 Å². The number of hydrogen-bond acceptors (Lipinski definition) is 6. The molecule has 1 aromatic heterocycles. The Labute approximate surface area is 218 Å². The van der Waals surface area contributed by atoms with E-state index in [2.05, 4.69) is 29.8 Å². The molecule has 188 valence electrons. The first-order chi connectivity index (χ1) is 18.0. The number of carbonyl (C=O) groups is 1. The molecule has 0 amide bonds. The molecule has 0 radical (unpaired) electrons. The third kappa shape index (κ3) is 4.29. The second-order valence-electron chi connectivity index (χ2n) is 9.20. The molecule has 1 aliphatic heterocycles. The van der Waals surface area contributed by atoms with Gasteiger partial charge in [0.1, 0.15) is 11.5 Å². The highest BCUT2D eigenvalue weighted by atomic mass is 16.6. The van der Waals surface area contributed by atoms with Crippen molar-refractivity contribution in [3.63, 3.8) is 0 Å². The summed E-state index contributed by atoms with van der Waals surface area (Å²) >= 11 is 0. The maximum Gasteiger partial charge on any atom is 0.340 e. The molecule has 0 bridgehead atoms. The summed E-state index contributed by atoms with van der Waals surface area (Å²) in [6.45, 7) is 5.98. The van der Waals surface area contributed by atoms with E-state index in [0.717, 1.165) is 35.6 Å². The van der Waals surface area contributed by atoms with Crippen LogP contribution in [0, 0.1) is 0 Å². The lowest BCUT2D eigenvalue weighted by Crippen LogP contribution is -2.30. The molecule has 0 saturated carbocycles. The molecule has 37 heavy (non-hydrogen) atoms. The summed E-state index contributed by atoms with van der Waals surface area (Å²) < 4.78 is 12.9. The first-order valence-electron chi connectivity index (χ1n) is 12.6. The normalized spacial score (nSPS) is 16.2. The van der Waals surface area contributed by atoms with Gasteiger partial charge in [-0.05, 0) is 56.3 Å². The molecule has 6 heteroatoms. The highest BCUT2D eigenvalue weighted by molar-refractivity contribution is 5.96. The third-order valence-corrected chi connectivity index (χ3v) is 6.90. The minimum absolute atomic E-state index is 0.382. The number of rotatable bonds is 8. The van der Waals surface area contributed by atoms with Gasteiger partial charge in [0.15, 0.2) is 5.60 Å². The molecular formula is C31H31N3O3. The first-order valence-corrected chi connectivity index (χ1v) is 12.6. The number of para-hydroxylation sites is 1. The number of ether oxygens (including phenoxy) is 2. The van der Waals surface area contributed by atoms with Gasteiger partial charge >= 0.3 is 5.97 Å². The predicted molar refractivity (Wildman–Crippen MR) is 147 cm³/mol. The van der Waals surface area contributed by atoms with Gasteiger partial charge in [-0.3, -0.25) is 4.98 Å². The quantitative estimate of drug-likeness (QED) is 0.271. The van der Waals surface area contributed by atoms with Crippen LogP contribution in [-0.2, 0) is 10.3 Å². The van der Waals surface area contributed by atoms with Crippen LogP contribution in [0.4, 0.5) is 11.4 Å². The van der Waals surface area contributed by atoms with E-state index in [1.54, 1.807) is 18.5 Å². The van der Waals surface area contributed by atoms with Crippen LogP contribution in [0.3, 0.4) is 0 Å². The van der Waals surface area contributed by atoms with Crippen molar-refractivity contribution in [1.82, 2.24) is 4.98 Å². The molecule has 1 aliphatic rings. The number of benzene rings is 3. The zero-order valence-corrected chi connectivity index (χ0v) is 21.6. The Kier molecular flexibility index (Phi) is 6.57. The average molecular weight is 494 g/mol. The molecule has 2 heterocycles. The fourth-order valence-corrected chi connectivity index (χ4v) is 4.95. The highest BCUT2D eigenvalue weighted by Gasteiger charge is 2.50. The van der Waals surface area contributed by atoms with Gasteiger partial charge in [-0.2, -0.15) is 0 Å². The van der Waals surface area contributed by atoms with E-state index in [9.17, 15) is 4.79 Å². The Morgan fingerprint density at radius 3 is 2.24 bits per heavy atom. The number of hydrogen-bond donors (Lipinski definition) is 0. The van der Waals surface area contributed by atoms with Gasteiger partial charge < -0.3 is 19.3 Å². The number of carbonyl (C=O) groups excluding carboxylic acids is 1. The van der Waals surface area contributed by atoms with E-state index in [4.69, 9.17) is 9.47 Å². The fraction of sp³-hybridized carbons (Fsp3) is 0.226. The Hall–Kier alpha value is -4.32. The Balaban J connectivity index is 1.77. The molecule has 0 N–H and O–H groups in total. The minimum Gasteiger partial charge on any atom is -0.457 e. The van der Waals surface area contributed by atoms with E-state index in [0.29, 0.717) is 22.6 Å². The average Bonchev–Trinajstić information content (AvgIpc) is 3.23. The Morgan fingerprint density at radius 1 is 0.865 bits per heavy atom. The fourth-order valence-electron chi connectivity index (χ4n) is 4.95. The number of aromatic nitrogens is 1. The molecule has 0 saturated heterocycles. The summed E-state index contributed by atoms with van der Waals surface area (Å²) in [4.78, 5) is 21.9. The minimum atomic E-state index is -1.21. The number of esters is 1. The number of nitrogens with zero attached hydrogens (tertiary/aromatic N) is 3. The lowest BCUT2D eigenvalue weighted by Gasteiger charge is -2.32. The summed E-state index contributed by atoms with van der Waals surface area (Å²) in [7, 11) is 3.99. The molecule has 0 fully saturated rings. The van der Waals surface area contributed by atoms with Gasteiger partial charge in [0.2, 0.25) is 0 Å². The van der Waals surface area contributed by atoms with Crippen LogP contribution in [0.5, 0.6) is 11.5 Å². The van der Waals surface area contributed by atoms with Crippen LogP contribution >= 0.6 is 0 Å². The van der Waals surface area contributed by atoms with E-state index >= 15 is 0 Å². The maximum absolute atomic E-state index is 13.2. The zero-order valence-electron chi connectivity index (χ0n) is 21.6. The smallest absolute Gasteiger partial charge is 0.340 e. The van der Waals surface area contributed by atoms with Gasteiger partial charge in [-0.15, -0.1) is 0 Å². The summed E-state index contributed by atoms with van der Waals surface area (Å²) in [5.41, 5.74) is 3.64. The van der Waals surface area contributed by atoms with Crippen LogP contribution in [-0.4, -0.2) is 38.1 Å². The van der Waals surface area contributed by atoms with Gasteiger partial charge in [0, 0.05) is 73.7 Å². The van der Waals surface area contributed by atoms with E-state index in [1.165, 1.54) is 0 Å². The van der Waals surface area contributed by atoms with Crippen molar-refractivity contribution in [3.8, 4) is 11.5 Å². The van der Waals surface area contributed by atoms with Gasteiger partial charge in [-0.25, -0.2) is 4.79 Å². The van der Waals surface area contributed by atoms with Gasteiger partial charge in [-0.1, -0.05) is 30.3 Å². The topological polar surface area (TPSA) is 54.9 Å². The maximum atomic E-state index is 13.2. The first kappa shape index (κ1) is 24.4. The summed E-state index contributed by atoms with van der Waals surface area (Å²) in [6, 6.07) is 25.6. The van der Waals surface area contributed by atoms with E-state index < -0.39 is 5.60 Å². The van der Waals surface area contributed by atoms with Gasteiger partial charge in [0.05, 0.1) is 5.56 Å². The van der Waals surface area contributed by atoms with Crippen molar-refractivity contribution in [2.45, 2.75) is 19.4 Å². The summed E-state index contributed by atoms with van der Waals surface area (Å²) in [6.07, 6.45) is 3.35. The van der Waals surface area contributed by atoms with Crippen LogP contribution < -0.4 is 14.5 Å². The predicted octanol–water partition coefficient (Wildman–Crippen LogP) is 6.25. The zero-order chi connectivity index (χ0) is 26.0. The number of pyridine rings is 1. The van der Waals surface area contributed by atoms with Crippen LogP contribution in [0.15, 0.2) is 91.3 Å². The number of anilines is 2. The molecule has 4 aromatic rings. The third-order valence-electron chi connectivity index (χ3n) is 6.90. The van der Waals surface area contributed by atoms with Crippen molar-refractivity contribution in [3.05, 3.63) is 114 Å². The van der Waals surface area contributed by atoms with E-state index in [1.807, 2.05) is 85.7 Å². The molecule has 1 unspecified atom stereocenters. The second kappa shape index (κ2) is 9.97. The molecular weight excluding hydrogens is 462 g/mol. The van der Waals surface area contributed by atoms with Crippen LogP contribution in [0.2, 0.25) is 0 Å². The standard InChI is InChI=1S/C31H31N3O3/c1-5-34(6-2)24-16-17-27(29(20-24)36-25-10-8-7-9-11-25)31(22-12-14-23(15-13-22)33(3)4)28-21-32-19-18-26(28)30(35)37-31/h7-21H,5-6H2,1-4H3. The molecule has 6 nitrogen and oxygen atoms in total. The van der Waals surface area contributed by atoms with Crippen molar-refractivity contribution >= 4 is 17.3 Å². The molecule has 0 spiro atoms. The highest BCUT2D eigenvalue weighted by Crippen LogP contribution is 2.51. The second-order valence-corrected chi connectivity index (χ2v) is 9.20. The Bertz CT molecular complexity index is 1400. The lowest BCUT2D eigenvalue weighted by atomic mass is 9.80. The SMILES string of the molecule is CCN(CC)c1ccc(C2(c3ccc(N(C)C)cc3)OC(=O)c3ccncc32)c(Oc2ccccc2)c1. The number of fused-ring (bicyclic) bond motifs is 1. The van der Waals surface area contributed by atoms with Crippen molar-refractivity contribution in [1.29, 1.82) is 0 Å². The number of cyclic esters (lactones) is 1. The Morgan fingerprint density at radius 2 is 1.57 bits per heavy atom. The van der Waals surface area contributed by atoms with Crippen molar-refractivity contribution in [2.24, 2.45) is 0 Å². The van der Waals surface area contributed by atoms with Crippen LogP contribution in [0.25, 0.3) is 0 Å². The molecule has 3 aromatic carbocycles.